The van der Waals surface area contributed by atoms with Crippen molar-refractivity contribution in [3.8, 4) is 11.6 Å². The Balaban J connectivity index is 1.45. The zero-order chi connectivity index (χ0) is 22.6. The summed E-state index contributed by atoms with van der Waals surface area (Å²) in [5, 5.41) is 2.74. The Morgan fingerprint density at radius 2 is 1.81 bits per heavy atom. The zero-order valence-corrected chi connectivity index (χ0v) is 17.8. The molecule has 0 fully saturated rings. The number of imidazole rings is 1. The monoisotopic (exact) mass is 449 g/mol. The molecule has 0 saturated heterocycles. The van der Waals surface area contributed by atoms with E-state index in [1.165, 1.54) is 37.6 Å². The molecule has 162 valence electrons. The van der Waals surface area contributed by atoms with Gasteiger partial charge in [-0.2, -0.15) is 0 Å². The quantitative estimate of drug-likeness (QED) is 0.447. The van der Waals surface area contributed by atoms with Gasteiger partial charge < -0.3 is 10.1 Å². The number of hydrogen-bond acceptors (Lipinski definition) is 6. The van der Waals surface area contributed by atoms with Crippen LogP contribution in [-0.4, -0.2) is 36.0 Å². The highest BCUT2D eigenvalue weighted by atomic mass is 32.2. The van der Waals surface area contributed by atoms with Crippen molar-refractivity contribution >= 4 is 27.3 Å². The van der Waals surface area contributed by atoms with E-state index in [0.29, 0.717) is 28.5 Å². The van der Waals surface area contributed by atoms with E-state index >= 15 is 0 Å². The number of nitrogens with one attached hydrogen (secondary N) is 2. The summed E-state index contributed by atoms with van der Waals surface area (Å²) >= 11 is 0. The Kier molecular flexibility index (Phi) is 5.86. The second kappa shape index (κ2) is 8.90. The molecule has 4 aromatic rings. The van der Waals surface area contributed by atoms with Crippen LogP contribution < -0.4 is 14.8 Å². The van der Waals surface area contributed by atoms with Gasteiger partial charge in [0.05, 0.1) is 29.6 Å². The highest BCUT2D eigenvalue weighted by Crippen LogP contribution is 2.26. The number of anilines is 2. The summed E-state index contributed by atoms with van der Waals surface area (Å²) in [4.78, 5) is 20.8. The first-order valence-corrected chi connectivity index (χ1v) is 11.0. The number of carbonyl (C=O) groups excluding carboxylic acids is 1. The number of hydrogen-bond donors (Lipinski definition) is 2. The van der Waals surface area contributed by atoms with Crippen LogP contribution in [0.25, 0.3) is 5.82 Å². The summed E-state index contributed by atoms with van der Waals surface area (Å²) in [6.45, 7) is 0. The minimum atomic E-state index is -3.85. The van der Waals surface area contributed by atoms with Gasteiger partial charge >= 0.3 is 0 Å². The van der Waals surface area contributed by atoms with Gasteiger partial charge in [0.25, 0.3) is 15.9 Å². The topological polar surface area (TPSA) is 115 Å². The summed E-state index contributed by atoms with van der Waals surface area (Å²) in [5.74, 6) is 0.682. The Bertz CT molecular complexity index is 1320. The summed E-state index contributed by atoms with van der Waals surface area (Å²) in [7, 11) is -2.39. The van der Waals surface area contributed by atoms with E-state index in [4.69, 9.17) is 4.74 Å². The molecule has 9 nitrogen and oxygen atoms in total. The summed E-state index contributed by atoms with van der Waals surface area (Å²) < 4.78 is 34.8. The Morgan fingerprint density at radius 1 is 1.03 bits per heavy atom. The fraction of sp³-hybridized carbons (Fsp3) is 0.0455. The second-order valence-electron chi connectivity index (χ2n) is 6.66. The van der Waals surface area contributed by atoms with Crippen LogP contribution in [-0.2, 0) is 10.0 Å². The molecule has 2 N–H and O–H groups in total. The number of benzene rings is 2. The van der Waals surface area contributed by atoms with Crippen molar-refractivity contribution in [3.05, 3.63) is 91.1 Å². The average molecular weight is 449 g/mol. The van der Waals surface area contributed by atoms with E-state index in [-0.39, 0.29) is 10.8 Å². The second-order valence-corrected chi connectivity index (χ2v) is 8.34. The number of rotatable bonds is 7. The Morgan fingerprint density at radius 3 is 2.47 bits per heavy atom. The van der Waals surface area contributed by atoms with Gasteiger partial charge in [-0.1, -0.05) is 12.1 Å². The smallest absolute Gasteiger partial charge is 0.262 e. The summed E-state index contributed by atoms with van der Waals surface area (Å²) in [6.07, 6.45) is 6.56. The van der Waals surface area contributed by atoms with Crippen molar-refractivity contribution in [2.24, 2.45) is 0 Å². The van der Waals surface area contributed by atoms with Crippen LogP contribution in [0.15, 0.2) is 90.5 Å². The number of sulfonamides is 1. The third-order valence-corrected chi connectivity index (χ3v) is 5.93. The molecule has 2 heterocycles. The molecule has 4 rings (SSSR count). The maximum atomic E-state index is 12.7. The van der Waals surface area contributed by atoms with Crippen LogP contribution in [0.4, 0.5) is 11.4 Å². The summed E-state index contributed by atoms with van der Waals surface area (Å²) in [6, 6.07) is 15.8. The van der Waals surface area contributed by atoms with Crippen molar-refractivity contribution in [2.75, 3.05) is 17.1 Å². The lowest BCUT2D eigenvalue weighted by atomic mass is 10.2. The third kappa shape index (κ3) is 4.60. The number of methoxy groups -OCH3 is 1. The molecule has 1 amide bonds. The van der Waals surface area contributed by atoms with Gasteiger partial charge in [-0.05, 0) is 48.5 Å². The van der Waals surface area contributed by atoms with Crippen LogP contribution >= 0.6 is 0 Å². The van der Waals surface area contributed by atoms with E-state index in [9.17, 15) is 13.2 Å². The van der Waals surface area contributed by atoms with Crippen molar-refractivity contribution in [3.63, 3.8) is 0 Å². The molecule has 0 unspecified atom stereocenters. The number of ether oxygens (including phenoxy) is 1. The lowest BCUT2D eigenvalue weighted by Gasteiger charge is -2.12. The van der Waals surface area contributed by atoms with Crippen molar-refractivity contribution in [1.29, 1.82) is 0 Å². The Hall–Kier alpha value is -4.18. The molecule has 0 aliphatic rings. The van der Waals surface area contributed by atoms with Gasteiger partial charge in [0.15, 0.2) is 0 Å². The number of aromatic nitrogens is 3. The Labute approximate surface area is 184 Å². The molecule has 2 aromatic heterocycles. The highest BCUT2D eigenvalue weighted by Gasteiger charge is 2.17. The first kappa shape index (κ1) is 21.1. The lowest BCUT2D eigenvalue weighted by molar-refractivity contribution is 0.102. The van der Waals surface area contributed by atoms with Crippen LogP contribution in [0.3, 0.4) is 0 Å². The van der Waals surface area contributed by atoms with Crippen LogP contribution in [0.1, 0.15) is 10.4 Å². The fourth-order valence-corrected chi connectivity index (χ4v) is 4.00. The van der Waals surface area contributed by atoms with Crippen molar-refractivity contribution in [2.45, 2.75) is 4.90 Å². The molecular weight excluding hydrogens is 430 g/mol. The minimum Gasteiger partial charge on any atom is -0.495 e. The molecule has 10 heteroatoms. The van der Waals surface area contributed by atoms with Gasteiger partial charge in [-0.15, -0.1) is 0 Å². The van der Waals surface area contributed by atoms with Crippen LogP contribution in [0.2, 0.25) is 0 Å². The van der Waals surface area contributed by atoms with Crippen LogP contribution in [0.5, 0.6) is 5.75 Å². The van der Waals surface area contributed by atoms with Gasteiger partial charge in [-0.25, -0.2) is 18.4 Å². The van der Waals surface area contributed by atoms with Gasteiger partial charge in [-0.3, -0.25) is 14.1 Å². The first-order chi connectivity index (χ1) is 15.5. The number of pyridine rings is 1. The number of para-hydroxylation sites is 2. The molecule has 2 aromatic carbocycles. The molecule has 32 heavy (non-hydrogen) atoms. The number of carbonyl (C=O) groups is 1. The molecule has 0 atom stereocenters. The average Bonchev–Trinajstić information content (AvgIpc) is 3.35. The highest BCUT2D eigenvalue weighted by molar-refractivity contribution is 7.92. The predicted molar refractivity (Wildman–Crippen MR) is 120 cm³/mol. The predicted octanol–water partition coefficient (Wildman–Crippen LogP) is 3.33. The first-order valence-electron chi connectivity index (χ1n) is 9.48. The third-order valence-electron chi connectivity index (χ3n) is 4.55. The fourth-order valence-electron chi connectivity index (χ4n) is 2.93. The largest absolute Gasteiger partial charge is 0.495 e. The van der Waals surface area contributed by atoms with Crippen molar-refractivity contribution < 1.29 is 17.9 Å². The van der Waals surface area contributed by atoms with E-state index in [1.54, 1.807) is 59.7 Å². The molecule has 0 aliphatic heterocycles. The zero-order valence-electron chi connectivity index (χ0n) is 17.0. The summed E-state index contributed by atoms with van der Waals surface area (Å²) in [5.41, 5.74) is 1.14. The van der Waals surface area contributed by atoms with E-state index in [0.717, 1.165) is 0 Å². The number of amides is 1. The maximum absolute atomic E-state index is 12.7. The molecule has 0 aliphatic carbocycles. The molecular formula is C22H19N5O4S. The normalized spacial score (nSPS) is 11.0. The minimum absolute atomic E-state index is 0.0197. The van der Waals surface area contributed by atoms with E-state index in [1.807, 2.05) is 0 Å². The van der Waals surface area contributed by atoms with E-state index < -0.39 is 10.0 Å². The van der Waals surface area contributed by atoms with Gasteiger partial charge in [0.2, 0.25) is 0 Å². The van der Waals surface area contributed by atoms with Crippen molar-refractivity contribution in [1.82, 2.24) is 14.5 Å². The molecule has 0 saturated carbocycles. The van der Waals surface area contributed by atoms with Gasteiger partial charge in [0.1, 0.15) is 17.9 Å². The molecule has 0 radical (unpaired) electrons. The SMILES string of the molecule is COc1ccccc1NS(=O)(=O)c1ccc(C(=O)Nc2ccc(-n3ccnc3)nc2)cc1. The lowest BCUT2D eigenvalue weighted by Crippen LogP contribution is -2.15. The standard InChI is InChI=1S/C22H19N5O4S/c1-31-20-5-3-2-4-19(20)26-32(29,30)18-9-6-16(7-10-18)22(28)25-17-8-11-21(24-14-17)27-13-12-23-15-27/h2-15,26H,1H3,(H,25,28). The van der Waals surface area contributed by atoms with Gasteiger partial charge in [0, 0.05) is 18.0 Å². The maximum Gasteiger partial charge on any atom is 0.262 e. The van der Waals surface area contributed by atoms with E-state index in [2.05, 4.69) is 20.0 Å². The van der Waals surface area contributed by atoms with Crippen LogP contribution in [0, 0.1) is 0 Å². The molecule has 0 spiro atoms. The number of nitrogens with zero attached hydrogens (tertiary/aromatic N) is 3. The molecule has 0 bridgehead atoms.